The number of thiophene rings is 1. The van der Waals surface area contributed by atoms with Crippen LogP contribution in [-0.4, -0.2) is 37.5 Å². The molecule has 2 aromatic carbocycles. The summed E-state index contributed by atoms with van der Waals surface area (Å²) in [4.78, 5) is 29.7. The number of nitrogens with zero attached hydrogens (tertiary/aromatic N) is 4. The molecular weight excluding hydrogens is 500 g/mol. The normalized spacial score (nSPS) is 15.1. The van der Waals surface area contributed by atoms with E-state index in [4.69, 9.17) is 4.99 Å². The number of hydrogen-bond donors (Lipinski definition) is 3. The minimum atomic E-state index is -0.940. The van der Waals surface area contributed by atoms with Gasteiger partial charge in [0, 0.05) is 40.0 Å². The van der Waals surface area contributed by atoms with Crippen molar-refractivity contribution in [2.24, 2.45) is 10.9 Å². The Labute approximate surface area is 224 Å². The van der Waals surface area contributed by atoms with Crippen molar-refractivity contribution in [3.8, 4) is 5.00 Å². The number of aromatic nitrogens is 3. The number of hydrogen-bond acceptors (Lipinski definition) is 7. The highest BCUT2D eigenvalue weighted by Gasteiger charge is 2.36. The first-order chi connectivity index (χ1) is 18.1. The van der Waals surface area contributed by atoms with E-state index in [1.165, 1.54) is 6.92 Å². The van der Waals surface area contributed by atoms with Crippen LogP contribution in [-0.2, 0) is 9.59 Å². The van der Waals surface area contributed by atoms with Crippen molar-refractivity contribution < 1.29 is 14.7 Å². The van der Waals surface area contributed by atoms with Crippen LogP contribution < -0.4 is 10.6 Å². The fourth-order valence-electron chi connectivity index (χ4n) is 4.57. The number of aliphatic imine (C=N–C) groups is 1. The number of fused-ring (bicyclic) bond motifs is 3. The van der Waals surface area contributed by atoms with Gasteiger partial charge in [0.25, 0.3) is 0 Å². The first-order valence-electron chi connectivity index (χ1n) is 12.2. The van der Waals surface area contributed by atoms with Gasteiger partial charge in [-0.3, -0.25) is 19.1 Å². The maximum absolute atomic E-state index is 12.0. The molecule has 1 amide bonds. The highest BCUT2D eigenvalue weighted by molar-refractivity contribution is 7.15. The Morgan fingerprint density at radius 3 is 2.42 bits per heavy atom. The molecular formula is C28H28N6O3S. The monoisotopic (exact) mass is 528 g/mol. The average Bonchev–Trinajstić information content (AvgIpc) is 3.33. The van der Waals surface area contributed by atoms with Gasteiger partial charge < -0.3 is 15.7 Å². The molecule has 194 valence electrons. The van der Waals surface area contributed by atoms with E-state index in [0.717, 1.165) is 43.7 Å². The predicted octanol–water partition coefficient (Wildman–Crippen LogP) is 5.57. The lowest BCUT2D eigenvalue weighted by Crippen LogP contribution is -2.21. The summed E-state index contributed by atoms with van der Waals surface area (Å²) in [7, 11) is 0. The third-order valence-electron chi connectivity index (χ3n) is 6.68. The second-order valence-corrected chi connectivity index (χ2v) is 10.6. The predicted molar refractivity (Wildman–Crippen MR) is 149 cm³/mol. The lowest BCUT2D eigenvalue weighted by Gasteiger charge is -2.16. The zero-order valence-electron chi connectivity index (χ0n) is 21.7. The average molecular weight is 529 g/mol. The number of carboxylic acids is 1. The summed E-state index contributed by atoms with van der Waals surface area (Å²) in [6.45, 7) is 9.15. The number of benzene rings is 2. The van der Waals surface area contributed by atoms with Gasteiger partial charge in [0.1, 0.15) is 16.9 Å². The van der Waals surface area contributed by atoms with Crippen LogP contribution in [0.5, 0.6) is 0 Å². The number of aryl methyl sites for hydroxylation is 2. The van der Waals surface area contributed by atoms with Gasteiger partial charge in [0.15, 0.2) is 5.82 Å². The van der Waals surface area contributed by atoms with Crippen molar-refractivity contribution in [1.82, 2.24) is 14.8 Å². The lowest BCUT2D eigenvalue weighted by molar-refractivity contribution is -0.141. The second kappa shape index (κ2) is 9.86. The number of carbonyl (C=O) groups excluding carboxylic acids is 1. The highest BCUT2D eigenvalue weighted by Crippen LogP contribution is 2.40. The zero-order chi connectivity index (χ0) is 27.1. The minimum Gasteiger partial charge on any atom is -0.481 e. The van der Waals surface area contributed by atoms with Crippen molar-refractivity contribution in [2.75, 3.05) is 10.6 Å². The van der Waals surface area contributed by atoms with E-state index in [2.05, 4.69) is 34.7 Å². The topological polar surface area (TPSA) is 122 Å². The van der Waals surface area contributed by atoms with Crippen molar-refractivity contribution in [3.63, 3.8) is 0 Å². The molecule has 2 atom stereocenters. The number of carbonyl (C=O) groups is 2. The van der Waals surface area contributed by atoms with E-state index in [1.807, 2.05) is 60.0 Å². The van der Waals surface area contributed by atoms with Crippen molar-refractivity contribution in [2.45, 2.75) is 40.7 Å². The number of anilines is 3. The molecule has 38 heavy (non-hydrogen) atoms. The van der Waals surface area contributed by atoms with E-state index < -0.39 is 17.9 Å². The van der Waals surface area contributed by atoms with Gasteiger partial charge in [-0.25, -0.2) is 0 Å². The van der Waals surface area contributed by atoms with Gasteiger partial charge in [-0.15, -0.1) is 21.5 Å². The molecule has 1 aliphatic rings. The third-order valence-corrected chi connectivity index (χ3v) is 7.87. The molecule has 0 spiro atoms. The zero-order valence-corrected chi connectivity index (χ0v) is 22.6. The molecule has 0 bridgehead atoms. The molecule has 1 unspecified atom stereocenters. The standard InChI is InChI=1S/C28H28N6O3S/c1-14-16(3)38-27-23(14)25(31-24(15(2)28(36)37)26-33-32-17(4)34(26)27)19-9-11-20(12-10-19)30-22-8-6-7-21(13-22)29-18(5)35/h6-13,15,24,30H,1-5H3,(H,29,35)(H,36,37)/t15?,24-/m0/s1. The largest absolute Gasteiger partial charge is 0.481 e. The van der Waals surface area contributed by atoms with Gasteiger partial charge in [-0.05, 0) is 63.6 Å². The molecule has 4 aromatic rings. The van der Waals surface area contributed by atoms with Crippen molar-refractivity contribution >= 4 is 46.0 Å². The van der Waals surface area contributed by atoms with E-state index in [-0.39, 0.29) is 5.91 Å². The molecule has 2 aromatic heterocycles. The van der Waals surface area contributed by atoms with Crippen LogP contribution in [0.25, 0.3) is 5.00 Å². The van der Waals surface area contributed by atoms with Crippen molar-refractivity contribution in [3.05, 3.63) is 81.7 Å². The Morgan fingerprint density at radius 1 is 1.03 bits per heavy atom. The van der Waals surface area contributed by atoms with E-state index >= 15 is 0 Å². The van der Waals surface area contributed by atoms with Crippen molar-refractivity contribution in [1.29, 1.82) is 0 Å². The summed E-state index contributed by atoms with van der Waals surface area (Å²) in [5.41, 5.74) is 6.11. The molecule has 0 saturated carbocycles. The third kappa shape index (κ3) is 4.58. The van der Waals surface area contributed by atoms with Crippen LogP contribution in [0.3, 0.4) is 0 Å². The molecule has 0 saturated heterocycles. The molecule has 0 aliphatic carbocycles. The Kier molecular flexibility index (Phi) is 6.58. The molecule has 0 radical (unpaired) electrons. The fourth-order valence-corrected chi connectivity index (χ4v) is 5.79. The van der Waals surface area contributed by atoms with Crippen LogP contribution in [0.1, 0.15) is 53.1 Å². The fraction of sp³-hybridized carbons (Fsp3) is 0.250. The van der Waals surface area contributed by atoms with Crippen LogP contribution in [0.15, 0.2) is 53.5 Å². The van der Waals surface area contributed by atoms with Gasteiger partial charge in [-0.1, -0.05) is 18.2 Å². The van der Waals surface area contributed by atoms with E-state index in [9.17, 15) is 14.7 Å². The first-order valence-corrected chi connectivity index (χ1v) is 13.0. The summed E-state index contributed by atoms with van der Waals surface area (Å²) in [5.74, 6) is -0.628. The second-order valence-electron chi connectivity index (χ2n) is 9.42. The van der Waals surface area contributed by atoms with Crippen LogP contribution in [0, 0.1) is 26.7 Å². The molecule has 5 rings (SSSR count). The Hall–Kier alpha value is -4.31. The number of rotatable bonds is 6. The van der Waals surface area contributed by atoms with Gasteiger partial charge >= 0.3 is 5.97 Å². The summed E-state index contributed by atoms with van der Waals surface area (Å²) >= 11 is 1.63. The Balaban J connectivity index is 1.56. The smallest absolute Gasteiger partial charge is 0.308 e. The lowest BCUT2D eigenvalue weighted by atomic mass is 9.98. The van der Waals surface area contributed by atoms with Gasteiger partial charge in [0.05, 0.1) is 11.6 Å². The SMILES string of the molecule is CC(=O)Nc1cccc(Nc2ccc(C3=N[C@@H](C(C)C(=O)O)c4nnc(C)n4-c4sc(C)c(C)c43)cc2)c1. The summed E-state index contributed by atoms with van der Waals surface area (Å²) in [6.07, 6.45) is 0. The maximum atomic E-state index is 12.0. The highest BCUT2D eigenvalue weighted by atomic mass is 32.1. The van der Waals surface area contributed by atoms with Gasteiger partial charge in [0.2, 0.25) is 5.91 Å². The molecule has 3 N–H and O–H groups in total. The Bertz CT molecular complexity index is 1580. The maximum Gasteiger partial charge on any atom is 0.308 e. The minimum absolute atomic E-state index is 0.127. The number of carboxylic acid groups (broad SMARTS) is 1. The number of amides is 1. The molecule has 3 heterocycles. The molecule has 9 nitrogen and oxygen atoms in total. The molecule has 0 fully saturated rings. The number of aliphatic carboxylic acids is 1. The summed E-state index contributed by atoms with van der Waals surface area (Å²) in [6, 6.07) is 14.7. The van der Waals surface area contributed by atoms with Crippen LogP contribution >= 0.6 is 11.3 Å². The number of nitrogens with one attached hydrogen (secondary N) is 2. The molecule has 10 heteroatoms. The van der Waals surface area contributed by atoms with E-state index in [1.54, 1.807) is 18.3 Å². The Morgan fingerprint density at radius 2 is 1.74 bits per heavy atom. The first kappa shape index (κ1) is 25.3. The van der Waals surface area contributed by atoms with E-state index in [0.29, 0.717) is 17.3 Å². The quantitative estimate of drug-likeness (QED) is 0.301. The summed E-state index contributed by atoms with van der Waals surface area (Å²) in [5, 5.41) is 25.6. The molecule has 1 aliphatic heterocycles. The van der Waals surface area contributed by atoms with Crippen LogP contribution in [0.4, 0.5) is 17.1 Å². The van der Waals surface area contributed by atoms with Gasteiger partial charge in [-0.2, -0.15) is 0 Å². The van der Waals surface area contributed by atoms with Crippen LogP contribution in [0.2, 0.25) is 0 Å². The summed E-state index contributed by atoms with van der Waals surface area (Å²) < 4.78 is 1.96.